The van der Waals surface area contributed by atoms with Crippen molar-refractivity contribution in [2.75, 3.05) is 23.7 Å². The summed E-state index contributed by atoms with van der Waals surface area (Å²) in [5, 5.41) is 17.3. The van der Waals surface area contributed by atoms with Crippen LogP contribution >= 0.6 is 0 Å². The van der Waals surface area contributed by atoms with E-state index in [0.29, 0.717) is 24.5 Å². The SMILES string of the molecule is CC(C)C(=O)Nc1ccc(Nc2ccc(S(=O)(=O)N3CCCCC3)cc2[N+](=O)[O-])cc1. The van der Waals surface area contributed by atoms with Crippen molar-refractivity contribution in [1.82, 2.24) is 4.31 Å². The van der Waals surface area contributed by atoms with E-state index in [1.165, 1.54) is 16.4 Å². The Morgan fingerprint density at radius 2 is 1.65 bits per heavy atom. The average molecular weight is 447 g/mol. The van der Waals surface area contributed by atoms with E-state index < -0.39 is 14.9 Å². The molecule has 1 aliphatic heterocycles. The second-order valence-corrected chi connectivity index (χ2v) is 9.69. The number of nitrogens with one attached hydrogen (secondary N) is 2. The molecule has 1 saturated heterocycles. The molecule has 0 spiro atoms. The van der Waals surface area contributed by atoms with Crippen LogP contribution in [0.25, 0.3) is 0 Å². The van der Waals surface area contributed by atoms with Crippen LogP contribution in [0, 0.1) is 16.0 Å². The summed E-state index contributed by atoms with van der Waals surface area (Å²) < 4.78 is 27.1. The Kier molecular flexibility index (Phi) is 6.91. The Bertz CT molecular complexity index is 1060. The Balaban J connectivity index is 1.82. The number of carbonyl (C=O) groups excluding carboxylic acids is 1. The van der Waals surface area contributed by atoms with Crippen molar-refractivity contribution in [2.45, 2.75) is 38.0 Å². The Morgan fingerprint density at radius 1 is 1.03 bits per heavy atom. The average Bonchev–Trinajstić information content (AvgIpc) is 2.75. The standard InChI is InChI=1S/C21H26N4O5S/c1-15(2)21(26)23-17-8-6-16(7-9-17)22-19-11-10-18(14-20(19)25(27)28)31(29,30)24-12-4-3-5-13-24/h6-11,14-15,22H,3-5,12-13H2,1-2H3,(H,23,26). The van der Waals surface area contributed by atoms with E-state index in [-0.39, 0.29) is 28.1 Å². The molecule has 1 fully saturated rings. The Morgan fingerprint density at radius 3 is 2.23 bits per heavy atom. The van der Waals surface area contributed by atoms with Crippen molar-refractivity contribution in [3.8, 4) is 0 Å². The predicted octanol–water partition coefficient (Wildman–Crippen LogP) is 4.11. The van der Waals surface area contributed by atoms with Crippen LogP contribution in [0.4, 0.5) is 22.7 Å². The van der Waals surface area contributed by atoms with Crippen molar-refractivity contribution in [3.05, 3.63) is 52.6 Å². The van der Waals surface area contributed by atoms with E-state index in [4.69, 9.17) is 0 Å². The number of nitro groups is 1. The highest BCUT2D eigenvalue weighted by molar-refractivity contribution is 7.89. The molecule has 0 aliphatic carbocycles. The van der Waals surface area contributed by atoms with Gasteiger partial charge in [0.1, 0.15) is 5.69 Å². The summed E-state index contributed by atoms with van der Waals surface area (Å²) in [4.78, 5) is 22.7. The van der Waals surface area contributed by atoms with Gasteiger partial charge in [0, 0.05) is 36.4 Å². The maximum atomic E-state index is 12.9. The quantitative estimate of drug-likeness (QED) is 0.488. The molecule has 0 atom stereocenters. The van der Waals surface area contributed by atoms with Crippen LogP contribution in [0.15, 0.2) is 47.4 Å². The number of amides is 1. The van der Waals surface area contributed by atoms with Crippen LogP contribution in [0.1, 0.15) is 33.1 Å². The van der Waals surface area contributed by atoms with Gasteiger partial charge in [-0.1, -0.05) is 20.3 Å². The molecule has 1 amide bonds. The van der Waals surface area contributed by atoms with Gasteiger partial charge >= 0.3 is 0 Å². The van der Waals surface area contributed by atoms with Crippen LogP contribution in [0.2, 0.25) is 0 Å². The maximum absolute atomic E-state index is 12.9. The lowest BCUT2D eigenvalue weighted by Gasteiger charge is -2.25. The molecule has 1 heterocycles. The first-order chi connectivity index (χ1) is 14.7. The van der Waals surface area contributed by atoms with Crippen molar-refractivity contribution in [1.29, 1.82) is 0 Å². The molecular formula is C21H26N4O5S. The lowest BCUT2D eigenvalue weighted by Crippen LogP contribution is -2.35. The number of nitrogens with zero attached hydrogens (tertiary/aromatic N) is 2. The van der Waals surface area contributed by atoms with E-state index in [9.17, 15) is 23.3 Å². The molecule has 2 N–H and O–H groups in total. The number of hydrogen-bond donors (Lipinski definition) is 2. The molecule has 2 aromatic rings. The molecule has 0 aromatic heterocycles. The summed E-state index contributed by atoms with van der Waals surface area (Å²) in [5.74, 6) is -0.262. The van der Waals surface area contributed by atoms with Gasteiger partial charge in [-0.3, -0.25) is 14.9 Å². The van der Waals surface area contributed by atoms with Gasteiger partial charge in [0.25, 0.3) is 5.69 Å². The first-order valence-corrected chi connectivity index (χ1v) is 11.6. The van der Waals surface area contributed by atoms with Crippen LogP contribution in [0.5, 0.6) is 0 Å². The summed E-state index contributed by atoms with van der Waals surface area (Å²) >= 11 is 0. The molecule has 2 aromatic carbocycles. The number of anilines is 3. The third-order valence-corrected chi connectivity index (χ3v) is 6.97. The van der Waals surface area contributed by atoms with Crippen molar-refractivity contribution < 1.29 is 18.1 Å². The number of sulfonamides is 1. The zero-order valence-electron chi connectivity index (χ0n) is 17.5. The molecule has 166 valence electrons. The number of rotatable bonds is 7. The minimum Gasteiger partial charge on any atom is -0.350 e. The molecule has 31 heavy (non-hydrogen) atoms. The number of hydrogen-bond acceptors (Lipinski definition) is 6. The van der Waals surface area contributed by atoms with E-state index in [1.54, 1.807) is 38.1 Å². The summed E-state index contributed by atoms with van der Waals surface area (Å²) in [6.07, 6.45) is 2.55. The lowest BCUT2D eigenvalue weighted by molar-refractivity contribution is -0.384. The van der Waals surface area contributed by atoms with Gasteiger partial charge in [0.2, 0.25) is 15.9 Å². The highest BCUT2D eigenvalue weighted by atomic mass is 32.2. The normalized spacial score (nSPS) is 14.9. The molecule has 1 aliphatic rings. The highest BCUT2D eigenvalue weighted by Crippen LogP contribution is 2.32. The second-order valence-electron chi connectivity index (χ2n) is 7.75. The summed E-state index contributed by atoms with van der Waals surface area (Å²) in [6.45, 7) is 4.44. The Hall–Kier alpha value is -2.98. The Labute approximate surface area is 181 Å². The molecular weight excluding hydrogens is 420 g/mol. The fourth-order valence-corrected chi connectivity index (χ4v) is 4.80. The smallest absolute Gasteiger partial charge is 0.294 e. The highest BCUT2D eigenvalue weighted by Gasteiger charge is 2.28. The van der Waals surface area contributed by atoms with Gasteiger partial charge in [0.05, 0.1) is 9.82 Å². The minimum atomic E-state index is -3.77. The van der Waals surface area contributed by atoms with Crippen molar-refractivity contribution in [3.63, 3.8) is 0 Å². The molecule has 9 nitrogen and oxygen atoms in total. The minimum absolute atomic E-state index is 0.0848. The lowest BCUT2D eigenvalue weighted by atomic mass is 10.2. The van der Waals surface area contributed by atoms with E-state index in [0.717, 1.165) is 25.3 Å². The molecule has 0 saturated carbocycles. The van der Waals surface area contributed by atoms with Gasteiger partial charge in [-0.15, -0.1) is 0 Å². The van der Waals surface area contributed by atoms with Crippen molar-refractivity contribution >= 4 is 38.7 Å². The molecule has 10 heteroatoms. The monoisotopic (exact) mass is 446 g/mol. The molecule has 0 bridgehead atoms. The van der Waals surface area contributed by atoms with Gasteiger partial charge in [-0.05, 0) is 49.2 Å². The van der Waals surface area contributed by atoms with Crippen LogP contribution < -0.4 is 10.6 Å². The first-order valence-electron chi connectivity index (χ1n) is 10.1. The fourth-order valence-electron chi connectivity index (χ4n) is 3.26. The largest absolute Gasteiger partial charge is 0.350 e. The van der Waals surface area contributed by atoms with Gasteiger partial charge in [0.15, 0.2) is 0 Å². The molecule has 3 rings (SSSR count). The topological polar surface area (TPSA) is 122 Å². The van der Waals surface area contributed by atoms with Crippen LogP contribution in [-0.4, -0.2) is 36.6 Å². The zero-order chi connectivity index (χ0) is 22.6. The van der Waals surface area contributed by atoms with Gasteiger partial charge in [-0.25, -0.2) is 8.42 Å². The number of piperidine rings is 1. The summed E-state index contributed by atoms with van der Waals surface area (Å²) in [6, 6.07) is 10.6. The first kappa shape index (κ1) is 22.7. The van der Waals surface area contributed by atoms with Crippen molar-refractivity contribution in [2.24, 2.45) is 5.92 Å². The summed E-state index contributed by atoms with van der Waals surface area (Å²) in [7, 11) is -3.77. The summed E-state index contributed by atoms with van der Waals surface area (Å²) in [5.41, 5.74) is 1.04. The third-order valence-electron chi connectivity index (χ3n) is 5.07. The zero-order valence-corrected chi connectivity index (χ0v) is 18.3. The third kappa shape index (κ3) is 5.39. The number of nitro benzene ring substituents is 1. The van der Waals surface area contributed by atoms with Crippen LogP contribution in [0.3, 0.4) is 0 Å². The van der Waals surface area contributed by atoms with Crippen LogP contribution in [-0.2, 0) is 14.8 Å². The van der Waals surface area contributed by atoms with E-state index in [1.807, 2.05) is 0 Å². The van der Waals surface area contributed by atoms with E-state index in [2.05, 4.69) is 10.6 Å². The van der Waals surface area contributed by atoms with Gasteiger partial charge in [-0.2, -0.15) is 4.31 Å². The number of benzene rings is 2. The van der Waals surface area contributed by atoms with E-state index >= 15 is 0 Å². The second kappa shape index (κ2) is 9.44. The molecule has 0 radical (unpaired) electrons. The predicted molar refractivity (Wildman–Crippen MR) is 119 cm³/mol. The number of carbonyl (C=O) groups is 1. The van der Waals surface area contributed by atoms with Gasteiger partial charge < -0.3 is 10.6 Å². The molecule has 0 unspecified atom stereocenters. The maximum Gasteiger partial charge on any atom is 0.294 e. The fraction of sp³-hybridized carbons (Fsp3) is 0.381.